The molecule has 4 aromatic carbocycles. The Morgan fingerprint density at radius 3 is 2.30 bits per heavy atom. The van der Waals surface area contributed by atoms with Crippen LogP contribution in [0.2, 0.25) is 0 Å². The summed E-state index contributed by atoms with van der Waals surface area (Å²) in [6.45, 7) is 6.28. The van der Waals surface area contributed by atoms with E-state index in [1.54, 1.807) is 36.0 Å². The predicted molar refractivity (Wildman–Crippen MR) is 161 cm³/mol. The van der Waals surface area contributed by atoms with Crippen LogP contribution < -0.4 is 15.0 Å². The zero-order chi connectivity index (χ0) is 27.6. The van der Waals surface area contributed by atoms with Gasteiger partial charge in [0, 0.05) is 53.1 Å². The highest BCUT2D eigenvalue weighted by Gasteiger charge is 2.28. The number of rotatable bonds is 6. The predicted octanol–water partition coefficient (Wildman–Crippen LogP) is 6.44. The molecule has 1 fully saturated rings. The van der Waals surface area contributed by atoms with Crippen molar-refractivity contribution in [3.05, 3.63) is 108 Å². The highest BCUT2D eigenvalue weighted by Crippen LogP contribution is 2.51. The van der Waals surface area contributed by atoms with E-state index in [0.29, 0.717) is 11.3 Å². The summed E-state index contributed by atoms with van der Waals surface area (Å²) < 4.78 is 6.07. The largest absolute Gasteiger partial charge is 0.422 e. The highest BCUT2D eigenvalue weighted by atomic mass is 32.2. The van der Waals surface area contributed by atoms with Crippen LogP contribution in [0.1, 0.15) is 35.6 Å². The van der Waals surface area contributed by atoms with Crippen molar-refractivity contribution in [3.8, 4) is 5.75 Å². The summed E-state index contributed by atoms with van der Waals surface area (Å²) in [5.74, 6) is -0.299. The number of aliphatic hydroxyl groups is 1. The number of likely N-dealkylation sites (N-methyl/N-ethyl adjacent to an activating group) is 1. The maximum absolute atomic E-state index is 13.3. The molecule has 6 nitrogen and oxygen atoms in total. The Morgan fingerprint density at radius 2 is 1.55 bits per heavy atom. The molecule has 0 saturated carbocycles. The number of hydrogen-bond donors (Lipinski definition) is 2. The van der Waals surface area contributed by atoms with Crippen molar-refractivity contribution in [1.82, 2.24) is 4.90 Å². The van der Waals surface area contributed by atoms with Gasteiger partial charge in [-0.3, -0.25) is 0 Å². The number of carbonyl (C=O) groups excluding carboxylic acids is 1. The summed E-state index contributed by atoms with van der Waals surface area (Å²) in [6.07, 6.45) is -1.38. The molecular formula is C33H33N3O3S. The minimum absolute atomic E-state index is 0.0486. The molecule has 0 amide bonds. The molecule has 2 N–H and O–H groups in total. The Labute approximate surface area is 239 Å². The lowest BCUT2D eigenvalue weighted by molar-refractivity contribution is -0.144. The molecule has 4 aromatic rings. The van der Waals surface area contributed by atoms with Crippen molar-refractivity contribution in [2.45, 2.75) is 28.7 Å². The topological polar surface area (TPSA) is 65.0 Å². The first-order valence-corrected chi connectivity index (χ1v) is 14.5. The third-order valence-electron chi connectivity index (χ3n) is 7.79. The van der Waals surface area contributed by atoms with E-state index in [9.17, 15) is 9.90 Å². The number of piperazine rings is 1. The van der Waals surface area contributed by atoms with E-state index in [2.05, 4.69) is 65.5 Å². The fraction of sp³-hybridized carbons (Fsp3) is 0.242. The van der Waals surface area contributed by atoms with Crippen LogP contribution in [0.15, 0.2) is 101 Å². The molecule has 2 atom stereocenters. The highest BCUT2D eigenvalue weighted by molar-refractivity contribution is 7.99. The van der Waals surface area contributed by atoms with Gasteiger partial charge < -0.3 is 25.0 Å². The molecule has 0 bridgehead atoms. The normalized spacial score (nSPS) is 16.3. The number of anilines is 3. The number of nitrogens with one attached hydrogen (secondary N) is 1. The average molecular weight is 552 g/mol. The van der Waals surface area contributed by atoms with Crippen LogP contribution in [0, 0.1) is 0 Å². The minimum Gasteiger partial charge on any atom is -0.422 e. The van der Waals surface area contributed by atoms with Crippen molar-refractivity contribution in [2.24, 2.45) is 0 Å². The van der Waals surface area contributed by atoms with E-state index in [4.69, 9.17) is 4.74 Å². The Balaban J connectivity index is 1.33. The minimum atomic E-state index is -1.38. The first kappa shape index (κ1) is 26.4. The van der Waals surface area contributed by atoms with E-state index < -0.39 is 12.1 Å². The van der Waals surface area contributed by atoms with Gasteiger partial charge in [-0.1, -0.05) is 79.3 Å². The molecule has 2 aliphatic heterocycles. The Hall–Kier alpha value is -3.78. The van der Waals surface area contributed by atoms with Gasteiger partial charge >= 0.3 is 5.97 Å². The first-order chi connectivity index (χ1) is 19.5. The second-order valence-electron chi connectivity index (χ2n) is 10.4. The van der Waals surface area contributed by atoms with Crippen molar-refractivity contribution in [3.63, 3.8) is 0 Å². The third kappa shape index (κ3) is 5.32. The Kier molecular flexibility index (Phi) is 7.52. The van der Waals surface area contributed by atoms with Crippen LogP contribution in [0.3, 0.4) is 0 Å². The van der Waals surface area contributed by atoms with E-state index in [0.717, 1.165) is 58.5 Å². The molecule has 0 spiro atoms. The summed E-state index contributed by atoms with van der Waals surface area (Å²) in [6, 6.07) is 29.8. The lowest BCUT2D eigenvalue weighted by atomic mass is 9.91. The number of para-hydroxylation sites is 1. The SMILES string of the molecule is CC(c1ccc(N2CCN(C)CC2)cc1)c1ccc2c(c1OC(=O)C(O)c1ccccc1)Nc1ccccc1S2. The summed E-state index contributed by atoms with van der Waals surface area (Å²) in [5, 5.41) is 14.3. The first-order valence-electron chi connectivity index (χ1n) is 13.7. The van der Waals surface area contributed by atoms with Gasteiger partial charge in [0.1, 0.15) is 0 Å². The van der Waals surface area contributed by atoms with E-state index in [1.165, 1.54) is 5.69 Å². The second kappa shape index (κ2) is 11.4. The van der Waals surface area contributed by atoms with Gasteiger partial charge in [-0.25, -0.2) is 4.79 Å². The van der Waals surface area contributed by atoms with E-state index in [1.807, 2.05) is 30.3 Å². The smallest absolute Gasteiger partial charge is 0.345 e. The Bertz CT molecular complexity index is 1500. The van der Waals surface area contributed by atoms with Crippen molar-refractivity contribution >= 4 is 34.8 Å². The number of nitrogens with zero attached hydrogens (tertiary/aromatic N) is 2. The van der Waals surface area contributed by atoms with E-state index in [-0.39, 0.29) is 5.92 Å². The molecule has 2 aliphatic rings. The number of aliphatic hydroxyl groups excluding tert-OH is 1. The van der Waals surface area contributed by atoms with Gasteiger partial charge in [0.2, 0.25) is 0 Å². The van der Waals surface area contributed by atoms with Crippen molar-refractivity contribution in [2.75, 3.05) is 43.4 Å². The van der Waals surface area contributed by atoms with Gasteiger partial charge in [-0.2, -0.15) is 0 Å². The molecule has 40 heavy (non-hydrogen) atoms. The zero-order valence-electron chi connectivity index (χ0n) is 22.7. The number of ether oxygens (including phenoxy) is 1. The fourth-order valence-corrected chi connectivity index (χ4v) is 6.29. The molecule has 6 rings (SSSR count). The monoisotopic (exact) mass is 551 g/mol. The number of benzene rings is 4. The zero-order valence-corrected chi connectivity index (χ0v) is 23.5. The van der Waals surface area contributed by atoms with Crippen LogP contribution >= 0.6 is 11.8 Å². The van der Waals surface area contributed by atoms with Crippen LogP contribution in [-0.2, 0) is 4.79 Å². The third-order valence-corrected chi connectivity index (χ3v) is 8.92. The van der Waals surface area contributed by atoms with Gasteiger partial charge in [0.15, 0.2) is 11.9 Å². The summed E-state index contributed by atoms with van der Waals surface area (Å²) >= 11 is 1.64. The van der Waals surface area contributed by atoms with Crippen LogP contribution in [0.4, 0.5) is 17.1 Å². The average Bonchev–Trinajstić information content (AvgIpc) is 3.00. The van der Waals surface area contributed by atoms with Gasteiger partial charge in [-0.05, 0) is 48.5 Å². The molecular weight excluding hydrogens is 518 g/mol. The number of hydrogen-bond acceptors (Lipinski definition) is 7. The lowest BCUT2D eigenvalue weighted by Crippen LogP contribution is -2.44. The van der Waals surface area contributed by atoms with Crippen LogP contribution in [-0.4, -0.2) is 49.2 Å². The summed E-state index contributed by atoms with van der Waals surface area (Å²) in [5.41, 5.74) is 5.44. The molecule has 1 saturated heterocycles. The fourth-order valence-electron chi connectivity index (χ4n) is 5.29. The molecule has 0 radical (unpaired) electrons. The molecule has 2 heterocycles. The van der Waals surface area contributed by atoms with E-state index >= 15 is 0 Å². The summed E-state index contributed by atoms with van der Waals surface area (Å²) in [4.78, 5) is 20.1. The molecule has 0 aliphatic carbocycles. The maximum Gasteiger partial charge on any atom is 0.345 e. The molecule has 0 aromatic heterocycles. The Morgan fingerprint density at radius 1 is 0.850 bits per heavy atom. The lowest BCUT2D eigenvalue weighted by Gasteiger charge is -2.34. The van der Waals surface area contributed by atoms with Gasteiger partial charge in [0.25, 0.3) is 0 Å². The van der Waals surface area contributed by atoms with Crippen molar-refractivity contribution < 1.29 is 14.6 Å². The quantitative estimate of drug-likeness (QED) is 0.186. The van der Waals surface area contributed by atoms with Crippen LogP contribution in [0.25, 0.3) is 0 Å². The second-order valence-corrected chi connectivity index (χ2v) is 11.5. The van der Waals surface area contributed by atoms with Crippen molar-refractivity contribution in [1.29, 1.82) is 0 Å². The summed E-state index contributed by atoms with van der Waals surface area (Å²) in [7, 11) is 2.16. The standard InChI is InChI=1S/C33H33N3O3S/c1-22(23-12-14-25(15-13-23)36-20-18-35(2)19-21-36)26-16-17-29-30(34-27-10-6-7-11-28(27)40-29)32(26)39-33(38)31(37)24-8-4-3-5-9-24/h3-17,22,31,34,37H,18-21H2,1-2H3. The van der Waals surface area contributed by atoms with Gasteiger partial charge in [-0.15, -0.1) is 0 Å². The number of fused-ring (bicyclic) bond motifs is 2. The number of esters is 1. The van der Waals surface area contributed by atoms with Gasteiger partial charge in [0.05, 0.1) is 11.4 Å². The van der Waals surface area contributed by atoms with Crippen LogP contribution in [0.5, 0.6) is 5.75 Å². The number of carbonyl (C=O) groups is 1. The molecule has 2 unspecified atom stereocenters. The maximum atomic E-state index is 13.3. The molecule has 204 valence electrons. The molecule has 7 heteroatoms.